The standard InChI is InChI=1S/C13H15NO2/c1-9(2)13(3,12(15)16)11-7-5-4-6-10(11)8-14/h4-7,9H,1-3H3,(H,15,16). The zero-order valence-electron chi connectivity index (χ0n) is 9.69. The van der Waals surface area contributed by atoms with Crippen molar-refractivity contribution >= 4 is 5.97 Å². The molecule has 0 bridgehead atoms. The van der Waals surface area contributed by atoms with Crippen LogP contribution in [-0.4, -0.2) is 11.1 Å². The predicted octanol–water partition coefficient (Wildman–Crippen LogP) is 2.56. The fourth-order valence-electron chi connectivity index (χ4n) is 1.71. The monoisotopic (exact) mass is 217 g/mol. The van der Waals surface area contributed by atoms with Crippen LogP contribution in [0.4, 0.5) is 0 Å². The number of carboxylic acid groups (broad SMARTS) is 1. The number of nitriles is 1. The van der Waals surface area contributed by atoms with Crippen LogP contribution in [0.15, 0.2) is 24.3 Å². The highest BCUT2D eigenvalue weighted by molar-refractivity contribution is 5.82. The molecule has 0 heterocycles. The second-order valence-electron chi connectivity index (χ2n) is 4.32. The number of benzene rings is 1. The van der Waals surface area contributed by atoms with Gasteiger partial charge >= 0.3 is 5.97 Å². The zero-order chi connectivity index (χ0) is 12.3. The highest BCUT2D eigenvalue weighted by Crippen LogP contribution is 2.34. The van der Waals surface area contributed by atoms with E-state index in [-0.39, 0.29) is 5.92 Å². The molecule has 1 unspecified atom stereocenters. The number of hydrogen-bond acceptors (Lipinski definition) is 2. The second kappa shape index (κ2) is 4.36. The largest absolute Gasteiger partial charge is 0.481 e. The molecule has 0 aliphatic carbocycles. The summed E-state index contributed by atoms with van der Waals surface area (Å²) < 4.78 is 0. The predicted molar refractivity (Wildman–Crippen MR) is 61.0 cm³/mol. The molecule has 3 heteroatoms. The Bertz CT molecular complexity index is 445. The van der Waals surface area contributed by atoms with Crippen molar-refractivity contribution in [3.8, 4) is 6.07 Å². The summed E-state index contributed by atoms with van der Waals surface area (Å²) in [5.74, 6) is -0.982. The van der Waals surface area contributed by atoms with Gasteiger partial charge in [-0.3, -0.25) is 4.79 Å². The van der Waals surface area contributed by atoms with Crippen molar-refractivity contribution in [1.29, 1.82) is 5.26 Å². The van der Waals surface area contributed by atoms with Crippen LogP contribution in [0.3, 0.4) is 0 Å². The Labute approximate surface area is 95.3 Å². The van der Waals surface area contributed by atoms with Crippen LogP contribution >= 0.6 is 0 Å². The van der Waals surface area contributed by atoms with Gasteiger partial charge in [-0.05, 0) is 24.5 Å². The summed E-state index contributed by atoms with van der Waals surface area (Å²) in [5, 5.41) is 18.4. The maximum Gasteiger partial charge on any atom is 0.314 e. The lowest BCUT2D eigenvalue weighted by molar-refractivity contribution is -0.145. The van der Waals surface area contributed by atoms with Crippen molar-refractivity contribution in [3.05, 3.63) is 35.4 Å². The van der Waals surface area contributed by atoms with Gasteiger partial charge in [0.1, 0.15) is 0 Å². The summed E-state index contributed by atoms with van der Waals surface area (Å²) in [7, 11) is 0. The quantitative estimate of drug-likeness (QED) is 0.846. The van der Waals surface area contributed by atoms with Gasteiger partial charge in [0.2, 0.25) is 0 Å². The molecule has 1 aromatic rings. The van der Waals surface area contributed by atoms with Gasteiger partial charge in [-0.2, -0.15) is 5.26 Å². The summed E-state index contributed by atoms with van der Waals surface area (Å²) >= 11 is 0. The van der Waals surface area contributed by atoms with Crippen LogP contribution in [0.1, 0.15) is 31.9 Å². The first kappa shape index (κ1) is 12.3. The fraction of sp³-hybridized carbons (Fsp3) is 0.385. The summed E-state index contributed by atoms with van der Waals surface area (Å²) in [6.07, 6.45) is 0. The van der Waals surface area contributed by atoms with Crippen LogP contribution < -0.4 is 0 Å². The summed E-state index contributed by atoms with van der Waals surface area (Å²) in [4.78, 5) is 11.4. The molecule has 3 nitrogen and oxygen atoms in total. The first-order valence-corrected chi connectivity index (χ1v) is 5.17. The minimum atomic E-state index is -1.02. The van der Waals surface area contributed by atoms with E-state index in [0.29, 0.717) is 11.1 Å². The van der Waals surface area contributed by atoms with E-state index in [1.165, 1.54) is 0 Å². The van der Waals surface area contributed by atoms with Gasteiger partial charge in [-0.15, -0.1) is 0 Å². The Morgan fingerprint density at radius 3 is 2.44 bits per heavy atom. The van der Waals surface area contributed by atoms with Crippen molar-refractivity contribution in [3.63, 3.8) is 0 Å². The minimum Gasteiger partial charge on any atom is -0.481 e. The summed E-state index contributed by atoms with van der Waals surface area (Å²) in [6, 6.07) is 8.92. The normalized spacial score (nSPS) is 14.2. The lowest BCUT2D eigenvalue weighted by Crippen LogP contribution is -2.38. The lowest BCUT2D eigenvalue weighted by Gasteiger charge is -2.30. The highest BCUT2D eigenvalue weighted by atomic mass is 16.4. The fourth-order valence-corrected chi connectivity index (χ4v) is 1.71. The van der Waals surface area contributed by atoms with Gasteiger partial charge in [0.15, 0.2) is 0 Å². The maximum absolute atomic E-state index is 11.4. The van der Waals surface area contributed by atoms with Crippen molar-refractivity contribution in [2.75, 3.05) is 0 Å². The second-order valence-corrected chi connectivity index (χ2v) is 4.32. The first-order chi connectivity index (χ1) is 7.44. The zero-order valence-corrected chi connectivity index (χ0v) is 9.69. The van der Waals surface area contributed by atoms with Gasteiger partial charge in [0, 0.05) is 0 Å². The van der Waals surface area contributed by atoms with Crippen LogP contribution in [0.5, 0.6) is 0 Å². The van der Waals surface area contributed by atoms with Gasteiger partial charge in [-0.1, -0.05) is 32.0 Å². The molecule has 0 aromatic heterocycles. The number of carboxylic acids is 1. The molecule has 0 amide bonds. The van der Waals surface area contributed by atoms with E-state index >= 15 is 0 Å². The Balaban J connectivity index is 3.45. The minimum absolute atomic E-state index is 0.0838. The van der Waals surface area contributed by atoms with Gasteiger partial charge < -0.3 is 5.11 Å². The summed E-state index contributed by atoms with van der Waals surface area (Å²) in [6.45, 7) is 5.36. The van der Waals surface area contributed by atoms with E-state index in [4.69, 9.17) is 5.26 Å². The third-order valence-electron chi connectivity index (χ3n) is 3.21. The first-order valence-electron chi connectivity index (χ1n) is 5.17. The third kappa shape index (κ3) is 1.79. The van der Waals surface area contributed by atoms with Crippen molar-refractivity contribution in [2.24, 2.45) is 5.92 Å². The molecule has 0 radical (unpaired) electrons. The summed E-state index contributed by atoms with van der Waals surface area (Å²) in [5.41, 5.74) is -0.00660. The molecular weight excluding hydrogens is 202 g/mol. The van der Waals surface area contributed by atoms with E-state index in [1.54, 1.807) is 31.2 Å². The molecule has 0 aliphatic rings. The molecule has 1 N–H and O–H groups in total. The SMILES string of the molecule is CC(C)C(C)(C(=O)O)c1ccccc1C#N. The smallest absolute Gasteiger partial charge is 0.314 e. The molecule has 1 atom stereocenters. The Hall–Kier alpha value is -1.82. The van der Waals surface area contributed by atoms with Crippen molar-refractivity contribution in [2.45, 2.75) is 26.2 Å². The topological polar surface area (TPSA) is 61.1 Å². The lowest BCUT2D eigenvalue weighted by atomic mass is 9.72. The average molecular weight is 217 g/mol. The third-order valence-corrected chi connectivity index (χ3v) is 3.21. The van der Waals surface area contributed by atoms with Crippen LogP contribution in [0, 0.1) is 17.2 Å². The van der Waals surface area contributed by atoms with Crippen LogP contribution in [-0.2, 0) is 10.2 Å². The van der Waals surface area contributed by atoms with Gasteiger partial charge in [0.05, 0.1) is 17.0 Å². The molecule has 16 heavy (non-hydrogen) atoms. The van der Waals surface area contributed by atoms with Crippen LogP contribution in [0.25, 0.3) is 0 Å². The Morgan fingerprint density at radius 1 is 1.44 bits per heavy atom. The number of nitrogens with zero attached hydrogens (tertiary/aromatic N) is 1. The van der Waals surface area contributed by atoms with E-state index in [1.807, 2.05) is 19.9 Å². The van der Waals surface area contributed by atoms with E-state index in [2.05, 4.69) is 0 Å². The molecule has 84 valence electrons. The molecular formula is C13H15NO2. The van der Waals surface area contributed by atoms with E-state index in [0.717, 1.165) is 0 Å². The number of rotatable bonds is 3. The number of aliphatic carboxylic acids is 1. The highest BCUT2D eigenvalue weighted by Gasteiger charge is 2.40. The van der Waals surface area contributed by atoms with Gasteiger partial charge in [0.25, 0.3) is 0 Å². The van der Waals surface area contributed by atoms with Crippen LogP contribution in [0.2, 0.25) is 0 Å². The molecule has 0 aliphatic heterocycles. The number of hydrogen-bond donors (Lipinski definition) is 1. The van der Waals surface area contributed by atoms with Crippen molar-refractivity contribution in [1.82, 2.24) is 0 Å². The molecule has 0 fully saturated rings. The van der Waals surface area contributed by atoms with E-state index < -0.39 is 11.4 Å². The number of carbonyl (C=O) groups is 1. The maximum atomic E-state index is 11.4. The Morgan fingerprint density at radius 2 is 2.00 bits per heavy atom. The van der Waals surface area contributed by atoms with Gasteiger partial charge in [-0.25, -0.2) is 0 Å². The molecule has 0 saturated carbocycles. The van der Waals surface area contributed by atoms with Crippen molar-refractivity contribution < 1.29 is 9.90 Å². The van der Waals surface area contributed by atoms with E-state index in [9.17, 15) is 9.90 Å². The molecule has 0 saturated heterocycles. The molecule has 1 aromatic carbocycles. The Kier molecular flexibility index (Phi) is 3.34. The molecule has 0 spiro atoms. The average Bonchev–Trinajstić information content (AvgIpc) is 2.27. The molecule has 1 rings (SSSR count).